The zero-order chi connectivity index (χ0) is 26.6. The molecule has 0 radical (unpaired) electrons. The predicted octanol–water partition coefficient (Wildman–Crippen LogP) is 6.22. The predicted molar refractivity (Wildman–Crippen MR) is 151 cm³/mol. The summed E-state index contributed by atoms with van der Waals surface area (Å²) in [6.07, 6.45) is 0. The third kappa shape index (κ3) is 5.30. The summed E-state index contributed by atoms with van der Waals surface area (Å²) < 4.78 is 12.8. The molecule has 196 valence electrons. The highest BCUT2D eigenvalue weighted by atomic mass is 35.5. The number of halogens is 2. The lowest BCUT2D eigenvalue weighted by atomic mass is 10.1. The number of methoxy groups -OCH3 is 1. The Hall–Kier alpha value is -3.68. The van der Waals surface area contributed by atoms with Gasteiger partial charge in [-0.2, -0.15) is 5.10 Å². The van der Waals surface area contributed by atoms with Crippen molar-refractivity contribution in [3.8, 4) is 28.4 Å². The van der Waals surface area contributed by atoms with Crippen LogP contribution in [-0.4, -0.2) is 60.5 Å². The molecular weight excluding hydrogens is 523 g/mol. The van der Waals surface area contributed by atoms with Crippen molar-refractivity contribution in [3.63, 3.8) is 0 Å². The lowest BCUT2D eigenvalue weighted by molar-refractivity contribution is 0.0737. The fraction of sp³-hybridized carbons (Fsp3) is 0.241. The maximum atomic E-state index is 13.9. The number of carbonyl (C=O) groups is 1. The number of para-hydroxylation sites is 2. The van der Waals surface area contributed by atoms with Gasteiger partial charge in [-0.05, 0) is 55.5 Å². The lowest BCUT2D eigenvalue weighted by Gasteiger charge is -2.36. The van der Waals surface area contributed by atoms with Crippen LogP contribution in [0.1, 0.15) is 17.4 Å². The number of aromatic nitrogens is 2. The summed E-state index contributed by atoms with van der Waals surface area (Å²) in [6.45, 7) is 5.10. The molecule has 0 atom stereocenters. The summed E-state index contributed by atoms with van der Waals surface area (Å²) in [5, 5.41) is 5.62. The highest BCUT2D eigenvalue weighted by Gasteiger charge is 2.27. The average Bonchev–Trinajstić information content (AvgIpc) is 3.40. The number of ether oxygens (including phenoxy) is 2. The molecule has 0 bridgehead atoms. The minimum Gasteiger partial charge on any atom is -0.497 e. The smallest absolute Gasteiger partial charge is 0.272 e. The van der Waals surface area contributed by atoms with Crippen LogP contribution in [0.5, 0.6) is 11.5 Å². The highest BCUT2D eigenvalue weighted by molar-refractivity contribution is 6.42. The molecule has 1 aliphatic heterocycles. The molecular formula is C29H28Cl2N4O3. The van der Waals surface area contributed by atoms with E-state index in [9.17, 15) is 4.79 Å². The van der Waals surface area contributed by atoms with Gasteiger partial charge in [0.1, 0.15) is 17.2 Å². The van der Waals surface area contributed by atoms with E-state index in [1.807, 2.05) is 60.4 Å². The van der Waals surface area contributed by atoms with Crippen molar-refractivity contribution in [1.29, 1.82) is 0 Å². The highest BCUT2D eigenvalue weighted by Crippen LogP contribution is 2.31. The number of carbonyl (C=O) groups excluding carboxylic acids is 1. The largest absolute Gasteiger partial charge is 0.497 e. The fourth-order valence-electron chi connectivity index (χ4n) is 4.58. The number of benzene rings is 3. The molecule has 3 aromatic carbocycles. The van der Waals surface area contributed by atoms with E-state index in [-0.39, 0.29) is 5.91 Å². The number of anilines is 1. The molecule has 5 rings (SSSR count). The molecule has 4 aromatic rings. The van der Waals surface area contributed by atoms with E-state index in [0.717, 1.165) is 17.0 Å². The number of piperazine rings is 1. The topological polar surface area (TPSA) is 59.8 Å². The number of rotatable bonds is 7. The Kier molecular flexibility index (Phi) is 7.77. The van der Waals surface area contributed by atoms with Gasteiger partial charge in [0, 0.05) is 31.7 Å². The average molecular weight is 551 g/mol. The van der Waals surface area contributed by atoms with Crippen molar-refractivity contribution in [1.82, 2.24) is 14.7 Å². The first-order chi connectivity index (χ1) is 18.5. The van der Waals surface area contributed by atoms with Gasteiger partial charge in [0.05, 0.1) is 40.8 Å². The van der Waals surface area contributed by atoms with Gasteiger partial charge in [-0.25, -0.2) is 4.68 Å². The van der Waals surface area contributed by atoms with Crippen molar-refractivity contribution in [2.24, 2.45) is 0 Å². The van der Waals surface area contributed by atoms with E-state index in [2.05, 4.69) is 11.0 Å². The van der Waals surface area contributed by atoms with Gasteiger partial charge in [-0.1, -0.05) is 47.5 Å². The van der Waals surface area contributed by atoms with Gasteiger partial charge < -0.3 is 19.3 Å². The van der Waals surface area contributed by atoms with Crippen molar-refractivity contribution < 1.29 is 14.3 Å². The van der Waals surface area contributed by atoms with Crippen LogP contribution in [0.3, 0.4) is 0 Å². The van der Waals surface area contributed by atoms with Gasteiger partial charge in [0.2, 0.25) is 0 Å². The van der Waals surface area contributed by atoms with Crippen LogP contribution in [0, 0.1) is 0 Å². The van der Waals surface area contributed by atoms with Crippen LogP contribution in [0.25, 0.3) is 16.9 Å². The molecule has 9 heteroatoms. The third-order valence-electron chi connectivity index (χ3n) is 6.51. The van der Waals surface area contributed by atoms with Crippen LogP contribution >= 0.6 is 23.2 Å². The van der Waals surface area contributed by atoms with E-state index in [4.69, 9.17) is 37.8 Å². The van der Waals surface area contributed by atoms with E-state index in [1.165, 1.54) is 0 Å². The van der Waals surface area contributed by atoms with Gasteiger partial charge in [-0.15, -0.1) is 0 Å². The van der Waals surface area contributed by atoms with Crippen LogP contribution in [-0.2, 0) is 0 Å². The number of amides is 1. The second-order valence-corrected chi connectivity index (χ2v) is 9.65. The Balaban J connectivity index is 1.44. The Morgan fingerprint density at radius 1 is 0.921 bits per heavy atom. The van der Waals surface area contributed by atoms with Crippen molar-refractivity contribution in [2.45, 2.75) is 6.92 Å². The zero-order valence-electron chi connectivity index (χ0n) is 21.2. The zero-order valence-corrected chi connectivity index (χ0v) is 22.7. The molecule has 1 amide bonds. The summed E-state index contributed by atoms with van der Waals surface area (Å²) >= 11 is 12.5. The fourth-order valence-corrected chi connectivity index (χ4v) is 4.87. The normalized spacial score (nSPS) is 13.5. The molecule has 0 unspecified atom stereocenters. The molecule has 7 nitrogen and oxygen atoms in total. The maximum absolute atomic E-state index is 13.9. The minimum atomic E-state index is -0.101. The summed E-state index contributed by atoms with van der Waals surface area (Å²) in [7, 11) is 1.62. The molecule has 38 heavy (non-hydrogen) atoms. The molecule has 2 heterocycles. The molecule has 1 saturated heterocycles. The van der Waals surface area contributed by atoms with Crippen molar-refractivity contribution in [3.05, 3.63) is 88.5 Å². The second kappa shape index (κ2) is 11.4. The van der Waals surface area contributed by atoms with Crippen LogP contribution in [0.15, 0.2) is 72.8 Å². The summed E-state index contributed by atoms with van der Waals surface area (Å²) in [5.41, 5.74) is 3.64. The van der Waals surface area contributed by atoms with E-state index in [1.54, 1.807) is 30.0 Å². The number of hydrogen-bond donors (Lipinski definition) is 0. The first kappa shape index (κ1) is 25.9. The Morgan fingerprint density at radius 2 is 1.71 bits per heavy atom. The molecule has 0 spiro atoms. The van der Waals surface area contributed by atoms with Gasteiger partial charge in [-0.3, -0.25) is 4.79 Å². The van der Waals surface area contributed by atoms with Crippen LogP contribution in [0.4, 0.5) is 5.69 Å². The molecule has 1 aromatic heterocycles. The first-order valence-electron chi connectivity index (χ1n) is 12.4. The molecule has 0 saturated carbocycles. The van der Waals surface area contributed by atoms with E-state index >= 15 is 0 Å². The Morgan fingerprint density at radius 3 is 2.45 bits per heavy atom. The quantitative estimate of drug-likeness (QED) is 0.273. The maximum Gasteiger partial charge on any atom is 0.272 e. The second-order valence-electron chi connectivity index (χ2n) is 8.84. The lowest BCUT2D eigenvalue weighted by Crippen LogP contribution is -2.49. The van der Waals surface area contributed by atoms with E-state index in [0.29, 0.717) is 65.7 Å². The monoisotopic (exact) mass is 550 g/mol. The Bertz CT molecular complexity index is 1450. The van der Waals surface area contributed by atoms with Crippen molar-refractivity contribution in [2.75, 3.05) is 44.8 Å². The number of nitrogens with zero attached hydrogens (tertiary/aromatic N) is 4. The Labute approximate surface area is 232 Å². The third-order valence-corrected chi connectivity index (χ3v) is 7.25. The van der Waals surface area contributed by atoms with Gasteiger partial charge in [0.15, 0.2) is 0 Å². The molecule has 1 fully saturated rings. The molecule has 1 aliphatic rings. The minimum absolute atomic E-state index is 0.101. The SMILES string of the molecule is CCOc1ccccc1N1CCN(C(=O)c2cc(-c3cccc(OC)c3)nn2-c2ccc(Cl)c(Cl)c2)CC1. The van der Waals surface area contributed by atoms with Gasteiger partial charge in [0.25, 0.3) is 5.91 Å². The van der Waals surface area contributed by atoms with E-state index < -0.39 is 0 Å². The summed E-state index contributed by atoms with van der Waals surface area (Å²) in [6, 6.07) is 22.6. The molecule has 0 aliphatic carbocycles. The van der Waals surface area contributed by atoms with Crippen molar-refractivity contribution >= 4 is 34.8 Å². The first-order valence-corrected chi connectivity index (χ1v) is 13.2. The molecule has 0 N–H and O–H groups in total. The number of hydrogen-bond acceptors (Lipinski definition) is 5. The summed E-state index contributed by atoms with van der Waals surface area (Å²) in [4.78, 5) is 18.0. The summed E-state index contributed by atoms with van der Waals surface area (Å²) in [5.74, 6) is 1.47. The van der Waals surface area contributed by atoms with Gasteiger partial charge >= 0.3 is 0 Å². The van der Waals surface area contributed by atoms with Crippen LogP contribution < -0.4 is 14.4 Å². The van der Waals surface area contributed by atoms with Crippen LogP contribution in [0.2, 0.25) is 10.0 Å². The standard InChI is InChI=1S/C29H28Cl2N4O3/c1-3-38-28-10-5-4-9-26(28)33-13-15-34(16-14-33)29(36)27-19-25(20-7-6-8-22(17-20)37-2)32-35(27)21-11-12-23(30)24(31)18-21/h4-12,17-19H,3,13-16H2,1-2H3.